The Hall–Kier alpha value is -2.47. The highest BCUT2D eigenvalue weighted by molar-refractivity contribution is 7.99. The van der Waals surface area contributed by atoms with Gasteiger partial charge < -0.3 is 4.74 Å². The molecular weight excluding hydrogens is 334 g/mol. The monoisotopic (exact) mass is 355 g/mol. The van der Waals surface area contributed by atoms with Crippen LogP contribution in [-0.4, -0.2) is 27.1 Å². The lowest BCUT2D eigenvalue weighted by molar-refractivity contribution is 0.343. The van der Waals surface area contributed by atoms with Crippen LogP contribution in [0.15, 0.2) is 64.5 Å². The second kappa shape index (κ2) is 8.58. The quantitative estimate of drug-likeness (QED) is 0.497. The van der Waals surface area contributed by atoms with Crippen molar-refractivity contribution in [3.05, 3.63) is 76.2 Å². The van der Waals surface area contributed by atoms with Crippen LogP contribution in [0.5, 0.6) is 5.75 Å². The largest absolute Gasteiger partial charge is 0.493 e. The van der Waals surface area contributed by atoms with Crippen LogP contribution in [0, 0.1) is 6.92 Å². The molecule has 0 bridgehead atoms. The first-order valence-electron chi connectivity index (χ1n) is 8.24. The summed E-state index contributed by atoms with van der Waals surface area (Å²) < 4.78 is 7.42. The van der Waals surface area contributed by atoms with Crippen LogP contribution in [0.3, 0.4) is 0 Å². The Kier molecular flexibility index (Phi) is 5.95. The van der Waals surface area contributed by atoms with E-state index < -0.39 is 0 Å². The van der Waals surface area contributed by atoms with E-state index in [4.69, 9.17) is 4.74 Å². The van der Waals surface area contributed by atoms with Gasteiger partial charge in [0.1, 0.15) is 5.75 Å². The summed E-state index contributed by atoms with van der Waals surface area (Å²) in [6, 6.07) is 18.1. The smallest absolute Gasteiger partial charge is 0.343 e. The summed E-state index contributed by atoms with van der Waals surface area (Å²) in [4.78, 5) is 12.0. The molecule has 25 heavy (non-hydrogen) atoms. The van der Waals surface area contributed by atoms with E-state index in [9.17, 15) is 4.79 Å². The molecule has 1 heterocycles. The summed E-state index contributed by atoms with van der Waals surface area (Å²) in [6.45, 7) is 3.21. The molecule has 0 saturated heterocycles. The third-order valence-electron chi connectivity index (χ3n) is 3.76. The molecule has 5 nitrogen and oxygen atoms in total. The predicted molar refractivity (Wildman–Crippen MR) is 100 cm³/mol. The van der Waals surface area contributed by atoms with Crippen molar-refractivity contribution < 1.29 is 4.74 Å². The molecule has 0 aliphatic carbocycles. The fourth-order valence-electron chi connectivity index (χ4n) is 2.49. The number of hydrogen-bond donors (Lipinski definition) is 1. The average molecular weight is 355 g/mol. The number of aromatic amines is 1. The summed E-state index contributed by atoms with van der Waals surface area (Å²) in [6.07, 6.45) is 0.799. The predicted octanol–water partition coefficient (Wildman–Crippen LogP) is 3.29. The van der Waals surface area contributed by atoms with Gasteiger partial charge in [-0.1, -0.05) is 54.2 Å². The van der Waals surface area contributed by atoms with Crippen molar-refractivity contribution >= 4 is 11.8 Å². The Morgan fingerprint density at radius 2 is 2.00 bits per heavy atom. The highest BCUT2D eigenvalue weighted by Gasteiger charge is 2.09. The molecule has 2 aromatic carbocycles. The van der Waals surface area contributed by atoms with Crippen molar-refractivity contribution in [2.75, 3.05) is 12.4 Å². The molecule has 1 N–H and O–H groups in total. The summed E-state index contributed by atoms with van der Waals surface area (Å²) >= 11 is 1.52. The van der Waals surface area contributed by atoms with Gasteiger partial charge in [-0.3, -0.25) is 4.57 Å². The molecule has 0 aliphatic rings. The minimum Gasteiger partial charge on any atom is -0.493 e. The highest BCUT2D eigenvalue weighted by Crippen LogP contribution is 2.16. The maximum atomic E-state index is 12.0. The molecule has 0 aliphatic heterocycles. The first-order chi connectivity index (χ1) is 12.2. The van der Waals surface area contributed by atoms with Crippen molar-refractivity contribution in [2.24, 2.45) is 0 Å². The SMILES string of the molecule is Cc1cccc(OCCSc2n[nH]c(=O)n2CCc2ccccc2)c1. The summed E-state index contributed by atoms with van der Waals surface area (Å²) in [7, 11) is 0. The number of nitrogens with one attached hydrogen (secondary N) is 1. The van der Waals surface area contributed by atoms with Gasteiger partial charge in [-0.2, -0.15) is 0 Å². The van der Waals surface area contributed by atoms with Gasteiger partial charge in [-0.25, -0.2) is 9.89 Å². The maximum absolute atomic E-state index is 12.0. The molecule has 3 aromatic rings. The van der Waals surface area contributed by atoms with Crippen LogP contribution >= 0.6 is 11.8 Å². The van der Waals surface area contributed by atoms with E-state index in [1.807, 2.05) is 49.4 Å². The number of H-pyrrole nitrogens is 1. The Balaban J connectivity index is 1.52. The van der Waals surface area contributed by atoms with Gasteiger partial charge in [-0.15, -0.1) is 5.10 Å². The minimum absolute atomic E-state index is 0.168. The first-order valence-corrected chi connectivity index (χ1v) is 9.22. The topological polar surface area (TPSA) is 59.9 Å². The normalized spacial score (nSPS) is 10.8. The second-order valence-corrected chi connectivity index (χ2v) is 6.77. The van der Waals surface area contributed by atoms with Crippen molar-refractivity contribution in [3.63, 3.8) is 0 Å². The molecule has 1 aromatic heterocycles. The molecule has 0 saturated carbocycles. The lowest BCUT2D eigenvalue weighted by atomic mass is 10.1. The van der Waals surface area contributed by atoms with Gasteiger partial charge >= 0.3 is 5.69 Å². The van der Waals surface area contributed by atoms with Crippen LogP contribution in [0.25, 0.3) is 0 Å². The fourth-order valence-corrected chi connectivity index (χ4v) is 3.28. The van der Waals surface area contributed by atoms with Crippen molar-refractivity contribution in [1.29, 1.82) is 0 Å². The minimum atomic E-state index is -0.168. The Morgan fingerprint density at radius 1 is 1.16 bits per heavy atom. The lowest BCUT2D eigenvalue weighted by Gasteiger charge is -2.08. The number of rotatable bonds is 8. The van der Waals surface area contributed by atoms with E-state index in [0.717, 1.165) is 17.9 Å². The highest BCUT2D eigenvalue weighted by atomic mass is 32.2. The standard InChI is InChI=1S/C19H21N3O2S/c1-15-6-5-9-17(14-15)24-12-13-25-19-21-20-18(23)22(19)11-10-16-7-3-2-4-8-16/h2-9,14H,10-13H2,1H3,(H,20,23). The van der Waals surface area contributed by atoms with Gasteiger partial charge in [0.05, 0.1) is 6.61 Å². The lowest BCUT2D eigenvalue weighted by Crippen LogP contribution is -2.19. The summed E-state index contributed by atoms with van der Waals surface area (Å²) in [5, 5.41) is 7.36. The first kappa shape index (κ1) is 17.4. The molecule has 130 valence electrons. The number of nitrogens with zero attached hydrogens (tertiary/aromatic N) is 2. The van der Waals surface area contributed by atoms with E-state index >= 15 is 0 Å². The Morgan fingerprint density at radius 3 is 2.80 bits per heavy atom. The maximum Gasteiger partial charge on any atom is 0.343 e. The number of benzene rings is 2. The third kappa shape index (κ3) is 5.00. The molecule has 0 spiro atoms. The van der Waals surface area contributed by atoms with Crippen LogP contribution in [0.4, 0.5) is 0 Å². The van der Waals surface area contributed by atoms with Crippen molar-refractivity contribution in [1.82, 2.24) is 14.8 Å². The molecule has 0 atom stereocenters. The van der Waals surface area contributed by atoms with Crippen LogP contribution in [-0.2, 0) is 13.0 Å². The molecule has 0 fully saturated rings. The zero-order chi connectivity index (χ0) is 17.5. The summed E-state index contributed by atoms with van der Waals surface area (Å²) in [5.41, 5.74) is 2.21. The van der Waals surface area contributed by atoms with Gasteiger partial charge in [0.15, 0.2) is 5.16 Å². The molecule has 3 rings (SSSR count). The van der Waals surface area contributed by atoms with Gasteiger partial charge in [0.2, 0.25) is 0 Å². The van der Waals surface area contributed by atoms with E-state index in [0.29, 0.717) is 18.3 Å². The van der Waals surface area contributed by atoms with E-state index in [2.05, 4.69) is 22.3 Å². The zero-order valence-electron chi connectivity index (χ0n) is 14.1. The van der Waals surface area contributed by atoms with Crippen LogP contribution in [0.1, 0.15) is 11.1 Å². The van der Waals surface area contributed by atoms with Crippen molar-refractivity contribution in [3.8, 4) is 5.75 Å². The van der Waals surface area contributed by atoms with Gasteiger partial charge in [-0.05, 0) is 36.6 Å². The van der Waals surface area contributed by atoms with Gasteiger partial charge in [0.25, 0.3) is 0 Å². The number of ether oxygens (including phenoxy) is 1. The van der Waals surface area contributed by atoms with E-state index in [1.54, 1.807) is 4.57 Å². The third-order valence-corrected chi connectivity index (χ3v) is 4.70. The summed E-state index contributed by atoms with van der Waals surface area (Å²) in [5.74, 6) is 1.59. The molecule has 0 radical (unpaired) electrons. The molecular formula is C19H21N3O2S. The van der Waals surface area contributed by atoms with E-state index in [1.165, 1.54) is 22.9 Å². The zero-order valence-corrected chi connectivity index (χ0v) is 15.0. The van der Waals surface area contributed by atoms with Crippen molar-refractivity contribution in [2.45, 2.75) is 25.0 Å². The average Bonchev–Trinajstić information content (AvgIpc) is 2.98. The van der Waals surface area contributed by atoms with E-state index in [-0.39, 0.29) is 5.69 Å². The Labute approximate surface area is 151 Å². The van der Waals surface area contributed by atoms with Gasteiger partial charge in [0, 0.05) is 12.3 Å². The number of hydrogen-bond acceptors (Lipinski definition) is 4. The molecule has 0 unspecified atom stereocenters. The molecule has 6 heteroatoms. The number of aromatic nitrogens is 3. The van der Waals surface area contributed by atoms with Crippen LogP contribution < -0.4 is 10.4 Å². The Bertz CT molecular complexity index is 858. The second-order valence-electron chi connectivity index (χ2n) is 5.71. The number of aryl methyl sites for hydroxylation is 2. The molecule has 0 amide bonds. The number of thioether (sulfide) groups is 1. The van der Waals surface area contributed by atoms with Crippen LogP contribution in [0.2, 0.25) is 0 Å². The fraction of sp³-hybridized carbons (Fsp3) is 0.263.